The van der Waals surface area contributed by atoms with E-state index in [-0.39, 0.29) is 11.7 Å². The van der Waals surface area contributed by atoms with E-state index in [0.29, 0.717) is 0 Å². The van der Waals surface area contributed by atoms with Crippen molar-refractivity contribution in [2.24, 2.45) is 7.05 Å². The summed E-state index contributed by atoms with van der Waals surface area (Å²) in [6, 6.07) is 6.57. The standard InChI is InChI=1S/C18H24N4O2/c1-18(2)9-14-8-13(4-5-15(14)24-18)10-22-6-7-23-16(11-22)17-20-19-12-21(17)3/h4-5,8,12,16H,6-7,9-11H2,1-3H3/t16-/m0/s1. The molecule has 4 rings (SSSR count). The molecule has 1 aromatic heterocycles. The number of benzene rings is 1. The summed E-state index contributed by atoms with van der Waals surface area (Å²) in [4.78, 5) is 2.42. The Hall–Kier alpha value is -1.92. The van der Waals surface area contributed by atoms with Crippen molar-refractivity contribution in [1.82, 2.24) is 19.7 Å². The minimum absolute atomic E-state index is 0.0112. The summed E-state index contributed by atoms with van der Waals surface area (Å²) in [6.07, 6.45) is 2.68. The lowest BCUT2D eigenvalue weighted by molar-refractivity contribution is -0.0385. The molecule has 128 valence electrons. The Bertz CT molecular complexity index is 740. The number of hydrogen-bond donors (Lipinski definition) is 0. The predicted molar refractivity (Wildman–Crippen MR) is 89.8 cm³/mol. The van der Waals surface area contributed by atoms with Gasteiger partial charge in [0.25, 0.3) is 0 Å². The molecule has 2 aromatic rings. The minimum Gasteiger partial charge on any atom is -0.487 e. The Morgan fingerprint density at radius 2 is 2.21 bits per heavy atom. The molecule has 6 nitrogen and oxygen atoms in total. The van der Waals surface area contributed by atoms with Crippen molar-refractivity contribution in [2.45, 2.75) is 38.5 Å². The molecular formula is C18H24N4O2. The van der Waals surface area contributed by atoms with Gasteiger partial charge in [-0.25, -0.2) is 0 Å². The van der Waals surface area contributed by atoms with E-state index < -0.39 is 0 Å². The number of hydrogen-bond acceptors (Lipinski definition) is 5. The molecule has 1 fully saturated rings. The van der Waals surface area contributed by atoms with Gasteiger partial charge in [0.15, 0.2) is 5.82 Å². The van der Waals surface area contributed by atoms with Gasteiger partial charge in [-0.15, -0.1) is 10.2 Å². The summed E-state index contributed by atoms with van der Waals surface area (Å²) in [7, 11) is 1.96. The maximum Gasteiger partial charge on any atom is 0.163 e. The second-order valence-electron chi connectivity index (χ2n) is 7.38. The smallest absolute Gasteiger partial charge is 0.163 e. The third kappa shape index (κ3) is 3.03. The molecule has 1 atom stereocenters. The van der Waals surface area contributed by atoms with Crippen LogP contribution in [0.3, 0.4) is 0 Å². The van der Waals surface area contributed by atoms with Crippen LogP contribution in [0.1, 0.15) is 36.9 Å². The SMILES string of the molecule is Cn1cnnc1[C@@H]1CN(Cc2ccc3c(c2)CC(C)(C)O3)CCO1. The Balaban J connectivity index is 1.45. The van der Waals surface area contributed by atoms with E-state index in [1.54, 1.807) is 6.33 Å². The third-order valence-corrected chi connectivity index (χ3v) is 4.72. The van der Waals surface area contributed by atoms with Gasteiger partial charge >= 0.3 is 0 Å². The summed E-state index contributed by atoms with van der Waals surface area (Å²) in [5.41, 5.74) is 2.56. The molecule has 2 aliphatic heterocycles. The van der Waals surface area contributed by atoms with E-state index >= 15 is 0 Å². The zero-order valence-electron chi connectivity index (χ0n) is 14.5. The van der Waals surface area contributed by atoms with Crippen LogP contribution in [0.25, 0.3) is 0 Å². The molecule has 0 saturated carbocycles. The number of fused-ring (bicyclic) bond motifs is 1. The highest BCUT2D eigenvalue weighted by molar-refractivity contribution is 5.41. The van der Waals surface area contributed by atoms with Crippen LogP contribution in [0.2, 0.25) is 0 Å². The van der Waals surface area contributed by atoms with E-state index in [4.69, 9.17) is 9.47 Å². The number of rotatable bonds is 3. The van der Waals surface area contributed by atoms with Crippen molar-refractivity contribution in [3.05, 3.63) is 41.5 Å². The van der Waals surface area contributed by atoms with Gasteiger partial charge in [0.2, 0.25) is 0 Å². The average Bonchev–Trinajstić information content (AvgIpc) is 3.08. The van der Waals surface area contributed by atoms with Crippen LogP contribution >= 0.6 is 0 Å². The van der Waals surface area contributed by atoms with Gasteiger partial charge in [-0.1, -0.05) is 12.1 Å². The first-order valence-corrected chi connectivity index (χ1v) is 8.49. The van der Waals surface area contributed by atoms with Gasteiger partial charge in [0.1, 0.15) is 23.8 Å². The van der Waals surface area contributed by atoms with E-state index in [0.717, 1.165) is 44.2 Å². The predicted octanol–water partition coefficient (Wildman–Crippen LogP) is 2.10. The first-order chi connectivity index (χ1) is 11.5. The summed E-state index contributed by atoms with van der Waals surface area (Å²) in [5.74, 6) is 1.92. The highest BCUT2D eigenvalue weighted by Crippen LogP contribution is 2.35. The number of ether oxygens (including phenoxy) is 2. The van der Waals surface area contributed by atoms with Gasteiger partial charge in [0, 0.05) is 33.1 Å². The summed E-state index contributed by atoms with van der Waals surface area (Å²) < 4.78 is 13.8. The monoisotopic (exact) mass is 328 g/mol. The van der Waals surface area contributed by atoms with Gasteiger partial charge in [-0.2, -0.15) is 0 Å². The van der Waals surface area contributed by atoms with E-state index in [1.807, 2.05) is 11.6 Å². The van der Waals surface area contributed by atoms with E-state index in [1.165, 1.54) is 11.1 Å². The van der Waals surface area contributed by atoms with Gasteiger partial charge < -0.3 is 14.0 Å². The molecule has 2 aliphatic rings. The molecule has 0 bridgehead atoms. The number of nitrogens with zero attached hydrogens (tertiary/aromatic N) is 4. The lowest BCUT2D eigenvalue weighted by atomic mass is 10.00. The van der Waals surface area contributed by atoms with Crippen molar-refractivity contribution in [2.75, 3.05) is 19.7 Å². The van der Waals surface area contributed by atoms with Crippen molar-refractivity contribution >= 4 is 0 Å². The Labute approximate surface area is 142 Å². The highest BCUT2D eigenvalue weighted by atomic mass is 16.5. The van der Waals surface area contributed by atoms with Gasteiger partial charge in [-0.05, 0) is 31.0 Å². The average molecular weight is 328 g/mol. The maximum atomic E-state index is 5.97. The first-order valence-electron chi connectivity index (χ1n) is 8.49. The van der Waals surface area contributed by atoms with Gasteiger partial charge in [0.05, 0.1) is 6.61 Å². The van der Waals surface area contributed by atoms with Gasteiger partial charge in [-0.3, -0.25) is 4.90 Å². The lowest BCUT2D eigenvalue weighted by Gasteiger charge is -2.32. The Morgan fingerprint density at radius 1 is 1.33 bits per heavy atom. The number of morpholine rings is 1. The Kier molecular flexibility index (Phi) is 3.81. The molecule has 1 saturated heterocycles. The fourth-order valence-corrected chi connectivity index (χ4v) is 3.61. The molecule has 0 unspecified atom stereocenters. The molecule has 0 aliphatic carbocycles. The van der Waals surface area contributed by atoms with Crippen molar-refractivity contribution in [1.29, 1.82) is 0 Å². The van der Waals surface area contributed by atoms with Crippen LogP contribution in [0.4, 0.5) is 0 Å². The van der Waals surface area contributed by atoms with Crippen LogP contribution in [0.15, 0.2) is 24.5 Å². The molecular weight excluding hydrogens is 304 g/mol. The summed E-state index contributed by atoms with van der Waals surface area (Å²) in [6.45, 7) is 7.70. The summed E-state index contributed by atoms with van der Waals surface area (Å²) in [5, 5.41) is 8.15. The quantitative estimate of drug-likeness (QED) is 0.864. The van der Waals surface area contributed by atoms with Crippen LogP contribution in [0, 0.1) is 0 Å². The number of aryl methyl sites for hydroxylation is 1. The van der Waals surface area contributed by atoms with Crippen LogP contribution < -0.4 is 4.74 Å². The topological polar surface area (TPSA) is 52.4 Å². The Morgan fingerprint density at radius 3 is 3.00 bits per heavy atom. The zero-order valence-corrected chi connectivity index (χ0v) is 14.5. The van der Waals surface area contributed by atoms with Crippen LogP contribution in [0.5, 0.6) is 5.75 Å². The van der Waals surface area contributed by atoms with Crippen molar-refractivity contribution < 1.29 is 9.47 Å². The van der Waals surface area contributed by atoms with E-state index in [9.17, 15) is 0 Å². The maximum absolute atomic E-state index is 5.97. The molecule has 6 heteroatoms. The number of aromatic nitrogens is 3. The van der Waals surface area contributed by atoms with Crippen LogP contribution in [-0.2, 0) is 24.8 Å². The van der Waals surface area contributed by atoms with Crippen molar-refractivity contribution in [3.8, 4) is 5.75 Å². The van der Waals surface area contributed by atoms with E-state index in [2.05, 4.69) is 47.1 Å². The third-order valence-electron chi connectivity index (χ3n) is 4.72. The second-order valence-corrected chi connectivity index (χ2v) is 7.38. The second kappa shape index (κ2) is 5.86. The highest BCUT2D eigenvalue weighted by Gasteiger charge is 2.30. The normalized spacial score (nSPS) is 23.0. The fourth-order valence-electron chi connectivity index (χ4n) is 3.61. The first kappa shape index (κ1) is 15.6. The molecule has 0 N–H and O–H groups in total. The molecule has 3 heterocycles. The fraction of sp³-hybridized carbons (Fsp3) is 0.556. The molecule has 0 spiro atoms. The molecule has 24 heavy (non-hydrogen) atoms. The molecule has 0 radical (unpaired) electrons. The summed E-state index contributed by atoms with van der Waals surface area (Å²) >= 11 is 0. The van der Waals surface area contributed by atoms with Crippen LogP contribution in [-0.4, -0.2) is 45.0 Å². The minimum atomic E-state index is -0.0871. The molecule has 0 amide bonds. The lowest BCUT2D eigenvalue weighted by Crippen LogP contribution is -2.38. The zero-order chi connectivity index (χ0) is 16.7. The molecule has 1 aromatic carbocycles. The van der Waals surface area contributed by atoms with Crippen molar-refractivity contribution in [3.63, 3.8) is 0 Å². The largest absolute Gasteiger partial charge is 0.487 e.